The summed E-state index contributed by atoms with van der Waals surface area (Å²) in [5.41, 5.74) is 7.93. The molecule has 3 heteroatoms. The lowest BCUT2D eigenvalue weighted by Gasteiger charge is -2.15. The van der Waals surface area contributed by atoms with E-state index in [0.29, 0.717) is 6.04 Å². The van der Waals surface area contributed by atoms with Crippen LogP contribution in [-0.2, 0) is 6.42 Å². The van der Waals surface area contributed by atoms with Crippen molar-refractivity contribution in [2.75, 3.05) is 6.54 Å². The van der Waals surface area contributed by atoms with Crippen LogP contribution < -0.4 is 5.73 Å². The molecule has 1 heterocycles. The topological polar surface area (TPSA) is 43.8 Å². The van der Waals surface area contributed by atoms with Crippen molar-refractivity contribution in [3.8, 4) is 0 Å². The number of para-hydroxylation sites is 2. The Hall–Kier alpha value is -1.35. The molecule has 92 valence electrons. The van der Waals surface area contributed by atoms with Gasteiger partial charge in [0.15, 0.2) is 0 Å². The lowest BCUT2D eigenvalue weighted by molar-refractivity contribution is 0.518. The first-order valence-electron chi connectivity index (χ1n) is 6.43. The predicted molar refractivity (Wildman–Crippen MR) is 72.1 cm³/mol. The molecule has 3 nitrogen and oxygen atoms in total. The molecule has 2 N–H and O–H groups in total. The fraction of sp³-hybridized carbons (Fsp3) is 0.500. The van der Waals surface area contributed by atoms with E-state index in [-0.39, 0.29) is 0 Å². The minimum atomic E-state index is 0.496. The average molecular weight is 231 g/mol. The van der Waals surface area contributed by atoms with Crippen molar-refractivity contribution in [1.82, 2.24) is 9.55 Å². The highest BCUT2D eigenvalue weighted by molar-refractivity contribution is 5.76. The number of nitrogens with zero attached hydrogens (tertiary/aromatic N) is 2. The molecule has 0 aliphatic heterocycles. The molecule has 0 fully saturated rings. The fourth-order valence-electron chi connectivity index (χ4n) is 2.21. The predicted octanol–water partition coefficient (Wildman–Crippen LogP) is 2.90. The van der Waals surface area contributed by atoms with Crippen molar-refractivity contribution in [3.63, 3.8) is 0 Å². The zero-order valence-corrected chi connectivity index (χ0v) is 10.7. The molecule has 1 aromatic carbocycles. The maximum Gasteiger partial charge on any atom is 0.110 e. The Bertz CT molecular complexity index is 487. The maximum absolute atomic E-state index is 5.59. The third-order valence-corrected chi connectivity index (χ3v) is 3.30. The lowest BCUT2D eigenvalue weighted by Crippen LogP contribution is -2.10. The minimum Gasteiger partial charge on any atom is -0.330 e. The zero-order valence-electron chi connectivity index (χ0n) is 10.7. The molecule has 0 bridgehead atoms. The summed E-state index contributed by atoms with van der Waals surface area (Å²) >= 11 is 0. The van der Waals surface area contributed by atoms with E-state index in [1.165, 1.54) is 11.3 Å². The van der Waals surface area contributed by atoms with Gasteiger partial charge in [-0.3, -0.25) is 0 Å². The first-order valence-corrected chi connectivity index (χ1v) is 6.43. The number of nitrogens with two attached hydrogens (primary N) is 1. The molecular weight excluding hydrogens is 210 g/mol. The van der Waals surface area contributed by atoms with E-state index < -0.39 is 0 Å². The fourth-order valence-corrected chi connectivity index (χ4v) is 2.21. The maximum atomic E-state index is 5.59. The Morgan fingerprint density at radius 1 is 1.35 bits per heavy atom. The molecule has 2 rings (SSSR count). The first kappa shape index (κ1) is 12.1. The van der Waals surface area contributed by atoms with E-state index in [0.717, 1.165) is 31.3 Å². The second-order valence-corrected chi connectivity index (χ2v) is 4.54. The summed E-state index contributed by atoms with van der Waals surface area (Å²) in [6, 6.07) is 8.86. The molecule has 1 atom stereocenters. The summed E-state index contributed by atoms with van der Waals surface area (Å²) in [5, 5.41) is 0. The van der Waals surface area contributed by atoms with Crippen LogP contribution in [0.3, 0.4) is 0 Å². The number of fused-ring (bicyclic) bond motifs is 1. The van der Waals surface area contributed by atoms with Crippen LogP contribution in [0.1, 0.15) is 38.6 Å². The minimum absolute atomic E-state index is 0.496. The second-order valence-electron chi connectivity index (χ2n) is 4.54. The van der Waals surface area contributed by atoms with Crippen LogP contribution in [0.4, 0.5) is 0 Å². The zero-order chi connectivity index (χ0) is 12.3. The molecule has 0 saturated heterocycles. The van der Waals surface area contributed by atoms with Gasteiger partial charge in [0.2, 0.25) is 0 Å². The summed E-state index contributed by atoms with van der Waals surface area (Å²) in [5.74, 6) is 1.17. The van der Waals surface area contributed by atoms with Crippen LogP contribution >= 0.6 is 0 Å². The van der Waals surface area contributed by atoms with E-state index in [1.54, 1.807) is 0 Å². The van der Waals surface area contributed by atoms with Gasteiger partial charge in [0.05, 0.1) is 11.0 Å². The number of rotatable bonds is 5. The number of hydrogen-bond donors (Lipinski definition) is 1. The largest absolute Gasteiger partial charge is 0.330 e. The van der Waals surface area contributed by atoms with Gasteiger partial charge in [-0.15, -0.1) is 0 Å². The van der Waals surface area contributed by atoms with Gasteiger partial charge in [0.25, 0.3) is 0 Å². The van der Waals surface area contributed by atoms with Crippen LogP contribution in [0, 0.1) is 0 Å². The molecule has 1 aromatic heterocycles. The number of imidazole rings is 1. The molecule has 0 aliphatic carbocycles. The summed E-state index contributed by atoms with van der Waals surface area (Å²) in [6.45, 7) is 5.19. The Balaban J connectivity index is 2.49. The van der Waals surface area contributed by atoms with Crippen molar-refractivity contribution >= 4 is 11.0 Å². The highest BCUT2D eigenvalue weighted by atomic mass is 15.1. The van der Waals surface area contributed by atoms with E-state index in [4.69, 9.17) is 10.7 Å². The molecule has 0 unspecified atom stereocenters. The van der Waals surface area contributed by atoms with Gasteiger partial charge >= 0.3 is 0 Å². The Kier molecular flexibility index (Phi) is 3.79. The highest BCUT2D eigenvalue weighted by Gasteiger charge is 2.13. The Morgan fingerprint density at radius 2 is 2.12 bits per heavy atom. The van der Waals surface area contributed by atoms with Gasteiger partial charge in [-0.05, 0) is 38.4 Å². The van der Waals surface area contributed by atoms with Crippen LogP contribution in [-0.4, -0.2) is 16.1 Å². The molecule has 0 aliphatic rings. The van der Waals surface area contributed by atoms with Gasteiger partial charge in [-0.1, -0.05) is 19.1 Å². The summed E-state index contributed by atoms with van der Waals surface area (Å²) in [6.07, 6.45) is 3.09. The van der Waals surface area contributed by atoms with Crippen LogP contribution in [0.2, 0.25) is 0 Å². The average Bonchev–Trinajstić information content (AvgIpc) is 2.73. The van der Waals surface area contributed by atoms with Crippen LogP contribution in [0.5, 0.6) is 0 Å². The van der Waals surface area contributed by atoms with Crippen molar-refractivity contribution < 1.29 is 0 Å². The highest BCUT2D eigenvalue weighted by Crippen LogP contribution is 2.23. The molecule has 2 aromatic rings. The Morgan fingerprint density at radius 3 is 2.82 bits per heavy atom. The third-order valence-electron chi connectivity index (χ3n) is 3.30. The number of benzene rings is 1. The lowest BCUT2D eigenvalue weighted by atomic mass is 10.2. The smallest absolute Gasteiger partial charge is 0.110 e. The summed E-state index contributed by atoms with van der Waals surface area (Å²) in [7, 11) is 0. The molecule has 0 spiro atoms. The Labute approximate surface area is 103 Å². The summed E-state index contributed by atoms with van der Waals surface area (Å²) < 4.78 is 2.37. The van der Waals surface area contributed by atoms with Crippen molar-refractivity contribution in [1.29, 1.82) is 0 Å². The monoisotopic (exact) mass is 231 g/mol. The number of aryl methyl sites for hydroxylation is 1. The van der Waals surface area contributed by atoms with E-state index in [1.807, 2.05) is 6.07 Å². The first-order chi connectivity index (χ1) is 8.27. The molecule has 0 amide bonds. The van der Waals surface area contributed by atoms with Crippen molar-refractivity contribution in [2.24, 2.45) is 5.73 Å². The van der Waals surface area contributed by atoms with E-state index in [9.17, 15) is 0 Å². The van der Waals surface area contributed by atoms with E-state index >= 15 is 0 Å². The SMILES string of the molecule is CC[C@H](C)n1c(CCCN)nc2ccccc21. The molecule has 0 saturated carbocycles. The second kappa shape index (κ2) is 5.32. The van der Waals surface area contributed by atoms with Crippen LogP contribution in [0.25, 0.3) is 11.0 Å². The van der Waals surface area contributed by atoms with Crippen molar-refractivity contribution in [2.45, 2.75) is 39.2 Å². The number of hydrogen-bond acceptors (Lipinski definition) is 2. The van der Waals surface area contributed by atoms with Crippen molar-refractivity contribution in [3.05, 3.63) is 30.1 Å². The quantitative estimate of drug-likeness (QED) is 0.860. The van der Waals surface area contributed by atoms with Gasteiger partial charge in [-0.2, -0.15) is 0 Å². The van der Waals surface area contributed by atoms with E-state index in [2.05, 4.69) is 36.6 Å². The molecule has 17 heavy (non-hydrogen) atoms. The summed E-state index contributed by atoms with van der Waals surface area (Å²) in [4.78, 5) is 4.73. The standard InChI is InChI=1S/C14H21N3/c1-3-11(2)17-13-8-5-4-7-12(13)16-14(17)9-6-10-15/h4-5,7-8,11H,3,6,9-10,15H2,1-2H3/t11-/m0/s1. The van der Waals surface area contributed by atoms with Gasteiger partial charge in [0, 0.05) is 12.5 Å². The molecular formula is C14H21N3. The van der Waals surface area contributed by atoms with Gasteiger partial charge < -0.3 is 10.3 Å². The number of aromatic nitrogens is 2. The van der Waals surface area contributed by atoms with Crippen LogP contribution in [0.15, 0.2) is 24.3 Å². The normalized spacial score (nSPS) is 13.1. The van der Waals surface area contributed by atoms with Gasteiger partial charge in [0.1, 0.15) is 5.82 Å². The molecule has 0 radical (unpaired) electrons. The third kappa shape index (κ3) is 2.34. The van der Waals surface area contributed by atoms with Gasteiger partial charge in [-0.25, -0.2) is 4.98 Å².